The standard InChI is InChI=1S/C20H23NS/c1-3-22-20-9-6-14-10-15(4-5-16(14)13-20)17-11-18-7-8-19(12-17)21(18)2/h4-6,9-11,13,18-19H,3,7-8,12H2,1-2H3. The molecule has 22 heavy (non-hydrogen) atoms. The predicted molar refractivity (Wildman–Crippen MR) is 97.5 cm³/mol. The molecule has 2 heterocycles. The van der Waals surface area contributed by atoms with Crippen LogP contribution in [0.3, 0.4) is 0 Å². The molecule has 2 aromatic carbocycles. The van der Waals surface area contributed by atoms with Gasteiger partial charge in [-0.2, -0.15) is 0 Å². The number of likely N-dealkylation sites (N-methyl/N-ethyl adjacent to an activating group) is 1. The van der Waals surface area contributed by atoms with Gasteiger partial charge in [0.05, 0.1) is 0 Å². The van der Waals surface area contributed by atoms with E-state index in [0.717, 1.165) is 11.8 Å². The number of thioether (sulfide) groups is 1. The zero-order valence-corrected chi connectivity index (χ0v) is 14.2. The van der Waals surface area contributed by atoms with E-state index in [4.69, 9.17) is 0 Å². The van der Waals surface area contributed by atoms with E-state index in [0.29, 0.717) is 6.04 Å². The maximum atomic E-state index is 2.55. The molecule has 2 bridgehead atoms. The fourth-order valence-corrected chi connectivity index (χ4v) is 4.64. The second kappa shape index (κ2) is 5.75. The van der Waals surface area contributed by atoms with Crippen LogP contribution in [0.25, 0.3) is 16.3 Å². The lowest BCUT2D eigenvalue weighted by Gasteiger charge is -2.30. The third-order valence-electron chi connectivity index (χ3n) is 5.24. The molecule has 1 saturated heterocycles. The predicted octanol–water partition coefficient (Wildman–Crippen LogP) is 5.20. The lowest BCUT2D eigenvalue weighted by atomic mass is 9.93. The molecule has 0 amide bonds. The van der Waals surface area contributed by atoms with E-state index in [-0.39, 0.29) is 0 Å². The Morgan fingerprint density at radius 2 is 1.91 bits per heavy atom. The van der Waals surface area contributed by atoms with E-state index in [9.17, 15) is 0 Å². The molecule has 0 N–H and O–H groups in total. The van der Waals surface area contributed by atoms with Gasteiger partial charge in [-0.15, -0.1) is 11.8 Å². The lowest BCUT2D eigenvalue weighted by Crippen LogP contribution is -2.34. The Morgan fingerprint density at radius 3 is 2.73 bits per heavy atom. The van der Waals surface area contributed by atoms with Gasteiger partial charge in [0.1, 0.15) is 0 Å². The van der Waals surface area contributed by atoms with Gasteiger partial charge in [0.2, 0.25) is 0 Å². The molecule has 114 valence electrons. The van der Waals surface area contributed by atoms with Crippen LogP contribution in [0, 0.1) is 0 Å². The van der Waals surface area contributed by atoms with Crippen LogP contribution < -0.4 is 0 Å². The van der Waals surface area contributed by atoms with Gasteiger partial charge >= 0.3 is 0 Å². The highest BCUT2D eigenvalue weighted by Gasteiger charge is 2.33. The molecule has 4 rings (SSSR count). The van der Waals surface area contributed by atoms with Crippen molar-refractivity contribution in [2.75, 3.05) is 12.8 Å². The second-order valence-electron chi connectivity index (χ2n) is 6.52. The fraction of sp³-hybridized carbons (Fsp3) is 0.400. The summed E-state index contributed by atoms with van der Waals surface area (Å²) in [6, 6.07) is 15.3. The molecule has 2 aliphatic heterocycles. The Morgan fingerprint density at radius 1 is 1.09 bits per heavy atom. The number of nitrogens with zero attached hydrogens (tertiary/aromatic N) is 1. The summed E-state index contributed by atoms with van der Waals surface area (Å²) in [5.41, 5.74) is 2.98. The topological polar surface area (TPSA) is 3.24 Å². The van der Waals surface area contributed by atoms with Crippen molar-refractivity contribution in [3.05, 3.63) is 48.0 Å². The van der Waals surface area contributed by atoms with Crippen molar-refractivity contribution >= 4 is 28.1 Å². The van der Waals surface area contributed by atoms with Gasteiger partial charge in [-0.25, -0.2) is 0 Å². The number of rotatable bonds is 3. The van der Waals surface area contributed by atoms with Crippen LogP contribution in [0.1, 0.15) is 31.7 Å². The van der Waals surface area contributed by atoms with Gasteiger partial charge in [0, 0.05) is 17.0 Å². The second-order valence-corrected chi connectivity index (χ2v) is 7.85. The van der Waals surface area contributed by atoms with Crippen molar-refractivity contribution < 1.29 is 0 Å². The van der Waals surface area contributed by atoms with Gasteiger partial charge in [0.15, 0.2) is 0 Å². The minimum Gasteiger partial charge on any atom is -0.297 e. The van der Waals surface area contributed by atoms with Crippen molar-refractivity contribution in [1.82, 2.24) is 4.90 Å². The van der Waals surface area contributed by atoms with Gasteiger partial charge in [-0.05, 0) is 72.2 Å². The molecule has 2 atom stereocenters. The van der Waals surface area contributed by atoms with Gasteiger partial charge in [0.25, 0.3) is 0 Å². The Hall–Kier alpha value is -1.25. The summed E-state index contributed by atoms with van der Waals surface area (Å²) in [4.78, 5) is 3.93. The van der Waals surface area contributed by atoms with Crippen LogP contribution >= 0.6 is 11.8 Å². The van der Waals surface area contributed by atoms with E-state index in [1.54, 1.807) is 5.57 Å². The first-order valence-electron chi connectivity index (χ1n) is 8.34. The zero-order valence-electron chi connectivity index (χ0n) is 13.4. The molecule has 0 saturated carbocycles. The minimum atomic E-state index is 0.660. The van der Waals surface area contributed by atoms with E-state index >= 15 is 0 Å². The van der Waals surface area contributed by atoms with Crippen LogP contribution in [0.15, 0.2) is 47.4 Å². The molecule has 2 aliphatic rings. The highest BCUT2D eigenvalue weighted by atomic mass is 32.2. The average molecular weight is 309 g/mol. The van der Waals surface area contributed by atoms with Crippen LogP contribution in [-0.4, -0.2) is 29.8 Å². The first-order chi connectivity index (χ1) is 10.7. The number of fused-ring (bicyclic) bond motifs is 3. The highest BCUT2D eigenvalue weighted by molar-refractivity contribution is 7.99. The summed E-state index contributed by atoms with van der Waals surface area (Å²) in [5.74, 6) is 1.13. The van der Waals surface area contributed by atoms with Crippen molar-refractivity contribution in [1.29, 1.82) is 0 Å². The van der Waals surface area contributed by atoms with Crippen LogP contribution in [0.5, 0.6) is 0 Å². The first-order valence-corrected chi connectivity index (χ1v) is 9.33. The average Bonchev–Trinajstić information content (AvgIpc) is 2.76. The lowest BCUT2D eigenvalue weighted by molar-refractivity contribution is 0.264. The molecule has 2 aromatic rings. The summed E-state index contributed by atoms with van der Waals surface area (Å²) < 4.78 is 0. The Kier molecular flexibility index (Phi) is 3.75. The van der Waals surface area contributed by atoms with Crippen LogP contribution in [-0.2, 0) is 0 Å². The molecule has 0 spiro atoms. The summed E-state index contributed by atoms with van der Waals surface area (Å²) in [5, 5.41) is 2.73. The minimum absolute atomic E-state index is 0.660. The molecule has 0 radical (unpaired) electrons. The highest BCUT2D eigenvalue weighted by Crippen LogP contribution is 2.38. The maximum absolute atomic E-state index is 2.55. The molecule has 2 unspecified atom stereocenters. The summed E-state index contributed by atoms with van der Waals surface area (Å²) in [6.45, 7) is 2.21. The molecule has 2 heteroatoms. The van der Waals surface area contributed by atoms with Gasteiger partial charge in [-0.1, -0.05) is 31.2 Å². The third kappa shape index (κ3) is 2.49. The van der Waals surface area contributed by atoms with E-state index < -0.39 is 0 Å². The quantitative estimate of drug-likeness (QED) is 0.717. The van der Waals surface area contributed by atoms with E-state index in [1.807, 2.05) is 11.8 Å². The summed E-state index contributed by atoms with van der Waals surface area (Å²) in [7, 11) is 2.28. The fourth-order valence-electron chi connectivity index (χ4n) is 3.94. The molecule has 1 fully saturated rings. The molecular weight excluding hydrogens is 286 g/mol. The van der Waals surface area contributed by atoms with E-state index in [2.05, 4.69) is 61.3 Å². The maximum Gasteiger partial charge on any atom is 0.0284 e. The molecule has 0 aliphatic carbocycles. The Balaban J connectivity index is 1.68. The largest absolute Gasteiger partial charge is 0.297 e. The first kappa shape index (κ1) is 14.3. The zero-order chi connectivity index (χ0) is 15.1. The Labute approximate surface area is 137 Å². The number of benzene rings is 2. The smallest absolute Gasteiger partial charge is 0.0284 e. The molecule has 1 nitrogen and oxygen atoms in total. The third-order valence-corrected chi connectivity index (χ3v) is 6.11. The van der Waals surface area contributed by atoms with Crippen molar-refractivity contribution in [3.8, 4) is 0 Å². The van der Waals surface area contributed by atoms with Crippen molar-refractivity contribution in [2.45, 2.75) is 43.2 Å². The normalized spacial score (nSPS) is 24.7. The molecule has 0 aromatic heterocycles. The van der Waals surface area contributed by atoms with Crippen molar-refractivity contribution in [3.63, 3.8) is 0 Å². The SMILES string of the molecule is CCSc1ccc2cc(C3=CC4CCC(C3)N4C)ccc2c1. The number of hydrogen-bond donors (Lipinski definition) is 0. The van der Waals surface area contributed by atoms with Crippen molar-refractivity contribution in [2.24, 2.45) is 0 Å². The van der Waals surface area contributed by atoms with Gasteiger partial charge in [-0.3, -0.25) is 4.90 Å². The number of hydrogen-bond acceptors (Lipinski definition) is 2. The van der Waals surface area contributed by atoms with Gasteiger partial charge < -0.3 is 0 Å². The Bertz CT molecular complexity index is 734. The van der Waals surface area contributed by atoms with Crippen LogP contribution in [0.4, 0.5) is 0 Å². The summed E-state index contributed by atoms with van der Waals surface area (Å²) in [6.07, 6.45) is 6.40. The summed E-state index contributed by atoms with van der Waals surface area (Å²) >= 11 is 1.91. The monoisotopic (exact) mass is 309 g/mol. The van der Waals surface area contributed by atoms with E-state index in [1.165, 1.54) is 40.5 Å². The van der Waals surface area contributed by atoms with Crippen LogP contribution in [0.2, 0.25) is 0 Å². The molecular formula is C20H23NS.